The number of benzene rings is 1. The number of hydrogen-bond acceptors (Lipinski definition) is 3. The second kappa shape index (κ2) is 6.46. The summed E-state index contributed by atoms with van der Waals surface area (Å²) >= 11 is 0. The van der Waals surface area contributed by atoms with Crippen molar-refractivity contribution >= 4 is 5.78 Å². The fourth-order valence-electron chi connectivity index (χ4n) is 2.76. The molecular formula is C16H23FN2O. The highest BCUT2D eigenvalue weighted by Gasteiger charge is 2.27. The molecule has 1 aromatic rings. The predicted octanol–water partition coefficient (Wildman–Crippen LogP) is 2.42. The summed E-state index contributed by atoms with van der Waals surface area (Å²) in [5, 5.41) is 0. The molecule has 2 rings (SSSR count). The summed E-state index contributed by atoms with van der Waals surface area (Å²) < 4.78 is 12.9. The summed E-state index contributed by atoms with van der Waals surface area (Å²) in [5.74, 6) is -0.246. The van der Waals surface area contributed by atoms with Gasteiger partial charge in [0, 0.05) is 11.6 Å². The van der Waals surface area contributed by atoms with Crippen LogP contribution in [0.2, 0.25) is 0 Å². The zero-order valence-corrected chi connectivity index (χ0v) is 12.5. The van der Waals surface area contributed by atoms with Crippen LogP contribution in [0.15, 0.2) is 24.3 Å². The van der Waals surface area contributed by atoms with Gasteiger partial charge in [-0.25, -0.2) is 4.39 Å². The molecule has 0 bridgehead atoms. The minimum absolute atomic E-state index is 0.0615. The van der Waals surface area contributed by atoms with E-state index in [0.717, 1.165) is 25.9 Å². The molecule has 1 fully saturated rings. The van der Waals surface area contributed by atoms with E-state index in [2.05, 4.69) is 16.8 Å². The SMILES string of the molecule is CC(C(=O)c1ccc(F)cc1)N(C)C1CCN(C)CC1. The lowest BCUT2D eigenvalue weighted by atomic mass is 9.99. The molecule has 0 amide bonds. The third kappa shape index (κ3) is 3.44. The summed E-state index contributed by atoms with van der Waals surface area (Å²) in [4.78, 5) is 16.9. The molecule has 3 nitrogen and oxygen atoms in total. The number of halogens is 1. The average Bonchev–Trinajstić information content (AvgIpc) is 2.46. The molecule has 1 aliphatic rings. The molecule has 1 unspecified atom stereocenters. The smallest absolute Gasteiger partial charge is 0.179 e. The van der Waals surface area contributed by atoms with Gasteiger partial charge in [-0.15, -0.1) is 0 Å². The Hall–Kier alpha value is -1.26. The number of likely N-dealkylation sites (N-methyl/N-ethyl adjacent to an activating group) is 1. The van der Waals surface area contributed by atoms with Gasteiger partial charge in [-0.2, -0.15) is 0 Å². The van der Waals surface area contributed by atoms with Crippen molar-refractivity contribution in [3.63, 3.8) is 0 Å². The molecule has 0 saturated carbocycles. The topological polar surface area (TPSA) is 23.6 Å². The van der Waals surface area contributed by atoms with Crippen LogP contribution >= 0.6 is 0 Å². The number of rotatable bonds is 4. The first-order valence-electron chi connectivity index (χ1n) is 7.19. The molecule has 0 spiro atoms. The van der Waals surface area contributed by atoms with Gasteiger partial charge in [-0.05, 0) is 71.2 Å². The van der Waals surface area contributed by atoms with E-state index in [1.807, 2.05) is 14.0 Å². The molecule has 4 heteroatoms. The Morgan fingerprint density at radius 3 is 2.40 bits per heavy atom. The van der Waals surface area contributed by atoms with Gasteiger partial charge in [0.05, 0.1) is 6.04 Å². The maximum atomic E-state index is 12.9. The Bertz CT molecular complexity index is 452. The Morgan fingerprint density at radius 2 is 1.85 bits per heavy atom. The minimum Gasteiger partial charge on any atom is -0.306 e. The van der Waals surface area contributed by atoms with Crippen molar-refractivity contribution in [1.82, 2.24) is 9.80 Å². The molecule has 20 heavy (non-hydrogen) atoms. The second-order valence-electron chi connectivity index (χ2n) is 5.75. The standard InChI is InChI=1S/C16H23FN2O/c1-12(16(20)13-4-6-14(17)7-5-13)19(3)15-8-10-18(2)11-9-15/h4-7,12,15H,8-11H2,1-3H3. The largest absolute Gasteiger partial charge is 0.306 e. The van der Waals surface area contributed by atoms with Crippen LogP contribution < -0.4 is 0 Å². The first kappa shape index (κ1) is 15.1. The number of nitrogens with zero attached hydrogens (tertiary/aromatic N) is 2. The van der Waals surface area contributed by atoms with Gasteiger partial charge in [0.2, 0.25) is 0 Å². The highest BCUT2D eigenvalue weighted by molar-refractivity contribution is 5.99. The summed E-state index contributed by atoms with van der Waals surface area (Å²) in [6, 6.07) is 6.10. The highest BCUT2D eigenvalue weighted by atomic mass is 19.1. The molecule has 1 saturated heterocycles. The van der Waals surface area contributed by atoms with Crippen LogP contribution in [0.5, 0.6) is 0 Å². The van der Waals surface area contributed by atoms with Crippen LogP contribution in [-0.2, 0) is 0 Å². The van der Waals surface area contributed by atoms with Crippen molar-refractivity contribution in [2.45, 2.75) is 31.8 Å². The van der Waals surface area contributed by atoms with Crippen LogP contribution in [0.1, 0.15) is 30.1 Å². The number of carbonyl (C=O) groups is 1. The molecule has 1 aliphatic heterocycles. The molecule has 0 aromatic heterocycles. The van der Waals surface area contributed by atoms with Crippen LogP contribution in [0, 0.1) is 5.82 Å². The highest BCUT2D eigenvalue weighted by Crippen LogP contribution is 2.18. The number of piperidine rings is 1. The van der Waals surface area contributed by atoms with E-state index < -0.39 is 0 Å². The maximum Gasteiger partial charge on any atom is 0.179 e. The summed E-state index contributed by atoms with van der Waals surface area (Å²) in [5.41, 5.74) is 0.582. The fraction of sp³-hybridized carbons (Fsp3) is 0.562. The van der Waals surface area contributed by atoms with Crippen LogP contribution in [0.25, 0.3) is 0 Å². The predicted molar refractivity (Wildman–Crippen MR) is 78.5 cm³/mol. The molecule has 0 radical (unpaired) electrons. The number of Topliss-reactive ketones (excluding diaryl/α,β-unsaturated/α-hetero) is 1. The van der Waals surface area contributed by atoms with E-state index in [1.165, 1.54) is 12.1 Å². The van der Waals surface area contributed by atoms with Crippen molar-refractivity contribution < 1.29 is 9.18 Å². The van der Waals surface area contributed by atoms with Gasteiger partial charge in [-0.1, -0.05) is 0 Å². The maximum absolute atomic E-state index is 12.9. The number of ketones is 1. The van der Waals surface area contributed by atoms with E-state index in [1.54, 1.807) is 12.1 Å². The quantitative estimate of drug-likeness (QED) is 0.790. The molecule has 0 aliphatic carbocycles. The Morgan fingerprint density at radius 1 is 1.30 bits per heavy atom. The lowest BCUT2D eigenvalue weighted by Crippen LogP contribution is -2.47. The fourth-order valence-corrected chi connectivity index (χ4v) is 2.76. The van der Waals surface area contributed by atoms with Crippen LogP contribution in [0.4, 0.5) is 4.39 Å². The molecule has 110 valence electrons. The van der Waals surface area contributed by atoms with Gasteiger partial charge in [0.15, 0.2) is 5.78 Å². The monoisotopic (exact) mass is 278 g/mol. The normalized spacial score (nSPS) is 19.2. The Labute approximate surface area is 120 Å². The molecule has 1 aromatic carbocycles. The zero-order chi connectivity index (χ0) is 14.7. The van der Waals surface area contributed by atoms with Crippen molar-refractivity contribution in [2.24, 2.45) is 0 Å². The number of carbonyl (C=O) groups excluding carboxylic acids is 1. The van der Waals surface area contributed by atoms with E-state index in [9.17, 15) is 9.18 Å². The molecule has 1 heterocycles. The molecule has 0 N–H and O–H groups in total. The Kier molecular flexibility index (Phi) is 4.89. The van der Waals surface area contributed by atoms with Crippen LogP contribution in [0.3, 0.4) is 0 Å². The van der Waals surface area contributed by atoms with Crippen LogP contribution in [-0.4, -0.2) is 54.9 Å². The number of likely N-dealkylation sites (tertiary alicyclic amines) is 1. The lowest BCUT2D eigenvalue weighted by Gasteiger charge is -2.37. The van der Waals surface area contributed by atoms with Crippen molar-refractivity contribution in [2.75, 3.05) is 27.2 Å². The van der Waals surface area contributed by atoms with Crippen molar-refractivity contribution in [1.29, 1.82) is 0 Å². The van der Waals surface area contributed by atoms with Crippen molar-refractivity contribution in [3.05, 3.63) is 35.6 Å². The minimum atomic E-state index is -0.308. The lowest BCUT2D eigenvalue weighted by molar-refractivity contribution is 0.0731. The van der Waals surface area contributed by atoms with Gasteiger partial charge >= 0.3 is 0 Å². The van der Waals surface area contributed by atoms with E-state index >= 15 is 0 Å². The summed E-state index contributed by atoms with van der Waals surface area (Å²) in [7, 11) is 4.14. The van der Waals surface area contributed by atoms with Gasteiger partial charge in [0.1, 0.15) is 5.82 Å². The van der Waals surface area contributed by atoms with E-state index in [4.69, 9.17) is 0 Å². The average molecular weight is 278 g/mol. The zero-order valence-electron chi connectivity index (χ0n) is 12.5. The molecular weight excluding hydrogens is 255 g/mol. The Balaban J connectivity index is 2.00. The third-order valence-electron chi connectivity index (χ3n) is 4.38. The van der Waals surface area contributed by atoms with Gasteiger partial charge < -0.3 is 4.90 Å². The van der Waals surface area contributed by atoms with E-state index in [-0.39, 0.29) is 17.6 Å². The first-order valence-corrected chi connectivity index (χ1v) is 7.19. The third-order valence-corrected chi connectivity index (χ3v) is 4.38. The summed E-state index contributed by atoms with van der Waals surface area (Å²) in [6.45, 7) is 4.09. The summed E-state index contributed by atoms with van der Waals surface area (Å²) in [6.07, 6.45) is 2.18. The first-order chi connectivity index (χ1) is 9.49. The van der Waals surface area contributed by atoms with Crippen molar-refractivity contribution in [3.8, 4) is 0 Å². The second-order valence-corrected chi connectivity index (χ2v) is 5.75. The number of hydrogen-bond donors (Lipinski definition) is 0. The molecule has 1 atom stereocenters. The van der Waals surface area contributed by atoms with Gasteiger partial charge in [0.25, 0.3) is 0 Å². The van der Waals surface area contributed by atoms with Gasteiger partial charge in [-0.3, -0.25) is 9.69 Å². The van der Waals surface area contributed by atoms with E-state index in [0.29, 0.717) is 11.6 Å².